The monoisotopic (exact) mass is 368 g/mol. The van der Waals surface area contributed by atoms with Crippen molar-refractivity contribution in [3.8, 4) is 0 Å². The molecule has 0 saturated carbocycles. The maximum atomic E-state index is 12.1. The van der Waals surface area contributed by atoms with E-state index < -0.39 is 10.8 Å². The summed E-state index contributed by atoms with van der Waals surface area (Å²) < 4.78 is 6.20. The van der Waals surface area contributed by atoms with Crippen molar-refractivity contribution in [2.45, 2.75) is 13.1 Å². The highest BCUT2D eigenvalue weighted by Crippen LogP contribution is 2.11. The fourth-order valence-electron chi connectivity index (χ4n) is 2.42. The van der Waals surface area contributed by atoms with Crippen LogP contribution in [-0.4, -0.2) is 40.7 Å². The van der Waals surface area contributed by atoms with E-state index in [0.29, 0.717) is 5.82 Å². The van der Waals surface area contributed by atoms with Gasteiger partial charge in [-0.05, 0) is 12.1 Å². The Labute approximate surface area is 150 Å². The highest BCUT2D eigenvalue weighted by Gasteiger charge is 2.17. The highest BCUT2D eigenvalue weighted by molar-refractivity contribution is 5.89. The first-order valence-corrected chi connectivity index (χ1v) is 7.80. The summed E-state index contributed by atoms with van der Waals surface area (Å²) in [7, 11) is 0. The van der Waals surface area contributed by atoms with Crippen LogP contribution in [0, 0.1) is 10.1 Å². The van der Waals surface area contributed by atoms with Gasteiger partial charge in [0, 0.05) is 0 Å². The van der Waals surface area contributed by atoms with Gasteiger partial charge in [-0.1, -0.05) is 17.3 Å². The molecular weight excluding hydrogens is 356 g/mol. The predicted octanol–water partition coefficient (Wildman–Crippen LogP) is 1.03. The summed E-state index contributed by atoms with van der Waals surface area (Å²) in [4.78, 5) is 33.6. The molecule has 0 fully saturated rings. The van der Waals surface area contributed by atoms with E-state index in [4.69, 9.17) is 4.52 Å². The molecule has 3 heterocycles. The molecule has 4 rings (SSSR count). The minimum absolute atomic E-state index is 0.0359. The lowest BCUT2D eigenvalue weighted by atomic mass is 10.3. The van der Waals surface area contributed by atoms with Gasteiger partial charge in [-0.15, -0.1) is 0 Å². The largest absolute Gasteiger partial charge is 0.341 e. The van der Waals surface area contributed by atoms with E-state index in [2.05, 4.69) is 30.5 Å². The van der Waals surface area contributed by atoms with Crippen LogP contribution < -0.4 is 5.32 Å². The normalized spacial score (nSPS) is 11.0. The molecule has 12 nitrogen and oxygen atoms in total. The molecule has 0 radical (unpaired) electrons. The van der Waals surface area contributed by atoms with Gasteiger partial charge in [-0.2, -0.15) is 10.1 Å². The van der Waals surface area contributed by atoms with Crippen LogP contribution in [0.15, 0.2) is 41.2 Å². The number of carbonyl (C=O) groups excluding carboxylic acids is 1. The summed E-state index contributed by atoms with van der Waals surface area (Å²) in [6, 6.07) is 7.51. The molecule has 0 bridgehead atoms. The number of nitrogens with zero attached hydrogens (tertiary/aromatic N) is 6. The second kappa shape index (κ2) is 6.67. The summed E-state index contributed by atoms with van der Waals surface area (Å²) in [6.45, 7) is 0.199. The summed E-state index contributed by atoms with van der Waals surface area (Å²) >= 11 is 0. The van der Waals surface area contributed by atoms with Crippen molar-refractivity contribution in [2.24, 2.45) is 0 Å². The minimum Gasteiger partial charge on any atom is -0.341 e. The van der Waals surface area contributed by atoms with Crippen LogP contribution in [0.25, 0.3) is 11.0 Å². The van der Waals surface area contributed by atoms with E-state index >= 15 is 0 Å². The Morgan fingerprint density at radius 2 is 2.19 bits per heavy atom. The fourth-order valence-corrected chi connectivity index (χ4v) is 2.42. The minimum atomic E-state index is -0.559. The SMILES string of the molecule is O=C(NCc1nc2ccccc2[nH]1)c1nc(Cn2cc([N+](=O)[O-])cn2)no1. The first-order chi connectivity index (χ1) is 13.1. The number of imidazole rings is 1. The van der Waals surface area contributed by atoms with Crippen LogP contribution in [0.4, 0.5) is 5.69 Å². The first kappa shape index (κ1) is 16.4. The molecule has 1 amide bonds. The van der Waals surface area contributed by atoms with E-state index in [1.165, 1.54) is 10.9 Å². The average Bonchev–Trinajstić information content (AvgIpc) is 3.39. The number of rotatable bonds is 6. The van der Waals surface area contributed by atoms with Crippen LogP contribution in [0.1, 0.15) is 22.3 Å². The van der Waals surface area contributed by atoms with Crippen molar-refractivity contribution >= 4 is 22.6 Å². The van der Waals surface area contributed by atoms with Gasteiger partial charge >= 0.3 is 17.5 Å². The highest BCUT2D eigenvalue weighted by atomic mass is 16.6. The molecule has 27 heavy (non-hydrogen) atoms. The van der Waals surface area contributed by atoms with E-state index in [-0.39, 0.29) is 30.5 Å². The zero-order valence-corrected chi connectivity index (χ0v) is 13.7. The lowest BCUT2D eigenvalue weighted by molar-refractivity contribution is -0.385. The van der Waals surface area contributed by atoms with Crippen molar-refractivity contribution in [1.29, 1.82) is 0 Å². The van der Waals surface area contributed by atoms with E-state index in [0.717, 1.165) is 17.2 Å². The third-order valence-electron chi connectivity index (χ3n) is 3.65. The third kappa shape index (κ3) is 3.49. The summed E-state index contributed by atoms with van der Waals surface area (Å²) in [6.07, 6.45) is 2.35. The summed E-state index contributed by atoms with van der Waals surface area (Å²) in [5, 5.41) is 20.8. The van der Waals surface area contributed by atoms with Gasteiger partial charge in [0.25, 0.3) is 0 Å². The summed E-state index contributed by atoms with van der Waals surface area (Å²) in [5.41, 5.74) is 1.52. The standard InChI is InChI=1S/C15H12N8O4/c24-14(16-6-12-18-10-3-1-2-4-11(10)19-12)15-20-13(21-27-15)8-22-7-9(5-17-22)23(25)26/h1-5,7H,6,8H2,(H,16,24)(H,18,19). The second-order valence-electron chi connectivity index (χ2n) is 5.55. The third-order valence-corrected chi connectivity index (χ3v) is 3.65. The van der Waals surface area contributed by atoms with Crippen LogP contribution in [-0.2, 0) is 13.1 Å². The number of aromatic nitrogens is 6. The van der Waals surface area contributed by atoms with Gasteiger partial charge in [0.1, 0.15) is 24.8 Å². The number of hydrogen-bond donors (Lipinski definition) is 2. The lowest BCUT2D eigenvalue weighted by Gasteiger charge is -1.98. The Balaban J connectivity index is 1.38. The van der Waals surface area contributed by atoms with Crippen LogP contribution in [0.2, 0.25) is 0 Å². The van der Waals surface area contributed by atoms with Crippen molar-refractivity contribution in [3.63, 3.8) is 0 Å². The van der Waals surface area contributed by atoms with Gasteiger partial charge in [-0.3, -0.25) is 19.6 Å². The number of H-pyrrole nitrogens is 1. The Morgan fingerprint density at radius 1 is 1.33 bits per heavy atom. The second-order valence-corrected chi connectivity index (χ2v) is 5.55. The van der Waals surface area contributed by atoms with Crippen LogP contribution >= 0.6 is 0 Å². The molecule has 0 spiro atoms. The van der Waals surface area contributed by atoms with Crippen LogP contribution in [0.5, 0.6) is 0 Å². The topological polar surface area (TPSA) is 158 Å². The maximum absolute atomic E-state index is 12.1. The molecule has 0 unspecified atom stereocenters. The molecular formula is C15H12N8O4. The first-order valence-electron chi connectivity index (χ1n) is 7.80. The number of benzene rings is 1. The number of hydrogen-bond acceptors (Lipinski definition) is 8. The molecule has 3 aromatic heterocycles. The molecule has 136 valence electrons. The van der Waals surface area contributed by atoms with E-state index in [1.54, 1.807) is 0 Å². The molecule has 0 aliphatic rings. The van der Waals surface area contributed by atoms with Gasteiger partial charge in [0.2, 0.25) is 0 Å². The van der Waals surface area contributed by atoms with Gasteiger partial charge in [0.05, 0.1) is 22.5 Å². The average molecular weight is 368 g/mol. The van der Waals surface area contributed by atoms with E-state index in [9.17, 15) is 14.9 Å². The zero-order chi connectivity index (χ0) is 18.8. The summed E-state index contributed by atoms with van der Waals surface area (Å²) in [5.74, 6) is -0.0153. The molecule has 0 aliphatic carbocycles. The fraction of sp³-hybridized carbons (Fsp3) is 0.133. The Bertz CT molecular complexity index is 1090. The molecule has 0 saturated heterocycles. The van der Waals surface area contributed by atoms with Gasteiger partial charge < -0.3 is 14.8 Å². The van der Waals surface area contributed by atoms with Crippen molar-refractivity contribution < 1.29 is 14.2 Å². The van der Waals surface area contributed by atoms with Crippen molar-refractivity contribution in [2.75, 3.05) is 0 Å². The quantitative estimate of drug-likeness (QED) is 0.377. The van der Waals surface area contributed by atoms with Crippen molar-refractivity contribution in [1.82, 2.24) is 35.2 Å². The number of nitro groups is 1. The number of aromatic amines is 1. The molecule has 0 aliphatic heterocycles. The number of carbonyl (C=O) groups is 1. The number of nitrogens with one attached hydrogen (secondary N) is 2. The van der Waals surface area contributed by atoms with Crippen molar-refractivity contribution in [3.05, 3.63) is 64.3 Å². The zero-order valence-electron chi connectivity index (χ0n) is 13.7. The maximum Gasteiger partial charge on any atom is 0.316 e. The molecule has 1 aromatic carbocycles. The molecule has 2 N–H and O–H groups in total. The number of fused-ring (bicyclic) bond motifs is 1. The van der Waals surface area contributed by atoms with Gasteiger partial charge in [0.15, 0.2) is 5.82 Å². The Morgan fingerprint density at radius 3 is 2.96 bits per heavy atom. The molecule has 4 aromatic rings. The van der Waals surface area contributed by atoms with E-state index in [1.807, 2.05) is 24.3 Å². The van der Waals surface area contributed by atoms with Gasteiger partial charge in [-0.25, -0.2) is 4.98 Å². The van der Waals surface area contributed by atoms with Crippen LogP contribution in [0.3, 0.4) is 0 Å². The molecule has 0 atom stereocenters. The predicted molar refractivity (Wildman–Crippen MR) is 89.5 cm³/mol. The molecule has 12 heteroatoms. The number of para-hydroxylation sites is 2. The Kier molecular flexibility index (Phi) is 4.04. The lowest BCUT2D eigenvalue weighted by Crippen LogP contribution is -2.23. The Hall–Kier alpha value is -4.09. The number of amides is 1. The smallest absolute Gasteiger partial charge is 0.316 e.